The van der Waals surface area contributed by atoms with Gasteiger partial charge in [-0.3, -0.25) is 4.79 Å². The SMILES string of the molecule is Cc1nn(-c2ccccc2)c(C)c1NC(=O)c1cc(-c2ccccc2F)nc2onc(C)c12. The number of carbonyl (C=O) groups is 1. The standard InChI is InChI=1S/C25H20FN5O2/c1-14-22-19(13-21(27-25(22)33-30-14)18-11-7-8-12-20(18)26)24(32)28-23-15(2)29-31(16(23)3)17-9-5-4-6-10-17/h4-13H,1-3H3,(H,28,32). The molecule has 0 bridgehead atoms. The molecule has 0 spiro atoms. The van der Waals surface area contributed by atoms with E-state index in [4.69, 9.17) is 4.52 Å². The first-order valence-electron chi connectivity index (χ1n) is 10.4. The third kappa shape index (κ3) is 3.55. The molecule has 0 aliphatic carbocycles. The number of rotatable bonds is 4. The Kier molecular flexibility index (Phi) is 4.97. The van der Waals surface area contributed by atoms with E-state index in [0.29, 0.717) is 28.0 Å². The van der Waals surface area contributed by atoms with Crippen molar-refractivity contribution in [3.63, 3.8) is 0 Å². The number of anilines is 1. The number of hydrogen-bond donors (Lipinski definition) is 1. The second kappa shape index (κ2) is 7.98. The van der Waals surface area contributed by atoms with Crippen molar-refractivity contribution in [3.05, 3.63) is 89.1 Å². The Labute approximate surface area is 188 Å². The Hall–Kier alpha value is -4.33. The van der Waals surface area contributed by atoms with Crippen LogP contribution in [0.5, 0.6) is 0 Å². The van der Waals surface area contributed by atoms with Crippen LogP contribution in [0.25, 0.3) is 28.0 Å². The molecule has 5 aromatic rings. The summed E-state index contributed by atoms with van der Waals surface area (Å²) in [5.74, 6) is -0.826. The predicted molar refractivity (Wildman–Crippen MR) is 123 cm³/mol. The van der Waals surface area contributed by atoms with Crippen LogP contribution in [0.3, 0.4) is 0 Å². The second-order valence-corrected chi connectivity index (χ2v) is 7.73. The summed E-state index contributed by atoms with van der Waals surface area (Å²) in [6, 6.07) is 17.5. The maximum absolute atomic E-state index is 14.4. The Bertz CT molecular complexity index is 1500. The summed E-state index contributed by atoms with van der Waals surface area (Å²) in [7, 11) is 0. The zero-order chi connectivity index (χ0) is 23.1. The van der Waals surface area contributed by atoms with Gasteiger partial charge >= 0.3 is 0 Å². The summed E-state index contributed by atoms with van der Waals surface area (Å²) in [5, 5.41) is 12.0. The minimum absolute atomic E-state index is 0.173. The summed E-state index contributed by atoms with van der Waals surface area (Å²) < 4.78 is 21.5. The molecule has 1 N–H and O–H groups in total. The van der Waals surface area contributed by atoms with Gasteiger partial charge in [-0.15, -0.1) is 0 Å². The summed E-state index contributed by atoms with van der Waals surface area (Å²) >= 11 is 0. The Morgan fingerprint density at radius 2 is 1.73 bits per heavy atom. The molecule has 0 saturated carbocycles. The number of aryl methyl sites for hydroxylation is 2. The molecule has 0 aliphatic rings. The lowest BCUT2D eigenvalue weighted by molar-refractivity contribution is 0.102. The molecule has 33 heavy (non-hydrogen) atoms. The normalized spacial score (nSPS) is 11.2. The smallest absolute Gasteiger partial charge is 0.259 e. The third-order valence-corrected chi connectivity index (χ3v) is 5.54. The lowest BCUT2D eigenvalue weighted by atomic mass is 10.0. The van der Waals surface area contributed by atoms with Gasteiger partial charge in [0, 0.05) is 5.56 Å². The molecule has 3 heterocycles. The zero-order valence-electron chi connectivity index (χ0n) is 18.3. The zero-order valence-corrected chi connectivity index (χ0v) is 18.3. The number of nitrogens with one attached hydrogen (secondary N) is 1. The highest BCUT2D eigenvalue weighted by molar-refractivity contribution is 6.13. The molecule has 2 aromatic carbocycles. The number of halogens is 1. The quantitative estimate of drug-likeness (QED) is 0.404. The van der Waals surface area contributed by atoms with Crippen LogP contribution in [0.2, 0.25) is 0 Å². The van der Waals surface area contributed by atoms with E-state index < -0.39 is 5.82 Å². The van der Waals surface area contributed by atoms with Crippen molar-refractivity contribution in [1.29, 1.82) is 0 Å². The van der Waals surface area contributed by atoms with Gasteiger partial charge < -0.3 is 9.84 Å². The Morgan fingerprint density at radius 1 is 1.00 bits per heavy atom. The van der Waals surface area contributed by atoms with E-state index in [-0.39, 0.29) is 22.9 Å². The molecule has 8 heteroatoms. The second-order valence-electron chi connectivity index (χ2n) is 7.73. The molecule has 164 valence electrons. The Morgan fingerprint density at radius 3 is 2.48 bits per heavy atom. The number of fused-ring (bicyclic) bond motifs is 1. The molecule has 7 nitrogen and oxygen atoms in total. The van der Waals surface area contributed by atoms with Crippen LogP contribution in [0.4, 0.5) is 10.1 Å². The van der Waals surface area contributed by atoms with E-state index in [1.807, 2.05) is 44.2 Å². The Balaban J connectivity index is 1.59. The molecule has 0 fully saturated rings. The highest BCUT2D eigenvalue weighted by Crippen LogP contribution is 2.30. The van der Waals surface area contributed by atoms with Crippen molar-refractivity contribution in [2.24, 2.45) is 0 Å². The topological polar surface area (TPSA) is 85.8 Å². The van der Waals surface area contributed by atoms with Gasteiger partial charge in [0.2, 0.25) is 0 Å². The molecule has 0 atom stereocenters. The summed E-state index contributed by atoms with van der Waals surface area (Å²) in [6.07, 6.45) is 0. The van der Waals surface area contributed by atoms with E-state index in [9.17, 15) is 9.18 Å². The van der Waals surface area contributed by atoms with Crippen LogP contribution in [-0.4, -0.2) is 25.8 Å². The van der Waals surface area contributed by atoms with E-state index in [1.165, 1.54) is 6.07 Å². The van der Waals surface area contributed by atoms with Crippen LogP contribution < -0.4 is 5.32 Å². The van der Waals surface area contributed by atoms with Crippen LogP contribution in [0, 0.1) is 26.6 Å². The first-order chi connectivity index (χ1) is 15.9. The molecule has 0 radical (unpaired) electrons. The van der Waals surface area contributed by atoms with Gasteiger partial charge in [0.05, 0.1) is 45.1 Å². The average molecular weight is 441 g/mol. The summed E-state index contributed by atoms with van der Waals surface area (Å²) in [6.45, 7) is 5.46. The van der Waals surface area contributed by atoms with Crippen LogP contribution in [-0.2, 0) is 0 Å². The number of aromatic nitrogens is 4. The highest BCUT2D eigenvalue weighted by Gasteiger charge is 2.22. The molecular weight excluding hydrogens is 421 g/mol. The molecular formula is C25H20FN5O2. The number of nitrogens with zero attached hydrogens (tertiary/aromatic N) is 4. The maximum Gasteiger partial charge on any atom is 0.259 e. The molecule has 1 amide bonds. The predicted octanol–water partition coefficient (Wildman–Crippen LogP) is 5.39. The van der Waals surface area contributed by atoms with Gasteiger partial charge in [0.15, 0.2) is 0 Å². The van der Waals surface area contributed by atoms with Gasteiger partial charge in [-0.25, -0.2) is 14.1 Å². The van der Waals surface area contributed by atoms with Crippen molar-refractivity contribution in [1.82, 2.24) is 19.9 Å². The fourth-order valence-corrected chi connectivity index (χ4v) is 3.91. The van der Waals surface area contributed by atoms with Crippen molar-refractivity contribution in [2.45, 2.75) is 20.8 Å². The minimum Gasteiger partial charge on any atom is -0.335 e. The van der Waals surface area contributed by atoms with E-state index in [2.05, 4.69) is 20.6 Å². The first-order valence-corrected chi connectivity index (χ1v) is 10.4. The average Bonchev–Trinajstić information content (AvgIpc) is 3.33. The molecule has 0 unspecified atom stereocenters. The molecule has 5 rings (SSSR count). The van der Waals surface area contributed by atoms with E-state index >= 15 is 0 Å². The van der Waals surface area contributed by atoms with Gasteiger partial charge in [-0.1, -0.05) is 35.5 Å². The highest BCUT2D eigenvalue weighted by atomic mass is 19.1. The number of para-hydroxylation sites is 1. The summed E-state index contributed by atoms with van der Waals surface area (Å²) in [5.41, 5.74) is 4.51. The lowest BCUT2D eigenvalue weighted by Gasteiger charge is -2.10. The largest absolute Gasteiger partial charge is 0.335 e. The monoisotopic (exact) mass is 441 g/mol. The lowest BCUT2D eigenvalue weighted by Crippen LogP contribution is -2.14. The number of pyridine rings is 1. The van der Waals surface area contributed by atoms with Gasteiger partial charge in [0.25, 0.3) is 11.6 Å². The van der Waals surface area contributed by atoms with Crippen molar-refractivity contribution in [3.8, 4) is 16.9 Å². The van der Waals surface area contributed by atoms with E-state index in [0.717, 1.165) is 11.4 Å². The molecule has 0 aliphatic heterocycles. The van der Waals surface area contributed by atoms with Crippen LogP contribution in [0.15, 0.2) is 65.2 Å². The fraction of sp³-hybridized carbons (Fsp3) is 0.120. The number of benzene rings is 2. The molecule has 0 saturated heterocycles. The summed E-state index contributed by atoms with van der Waals surface area (Å²) in [4.78, 5) is 17.8. The van der Waals surface area contributed by atoms with Crippen molar-refractivity contribution >= 4 is 22.7 Å². The van der Waals surface area contributed by atoms with Crippen molar-refractivity contribution in [2.75, 3.05) is 5.32 Å². The third-order valence-electron chi connectivity index (χ3n) is 5.54. The maximum atomic E-state index is 14.4. The first kappa shape index (κ1) is 20.6. The van der Waals surface area contributed by atoms with Gasteiger partial charge in [0.1, 0.15) is 5.82 Å². The minimum atomic E-state index is -0.442. The van der Waals surface area contributed by atoms with Crippen molar-refractivity contribution < 1.29 is 13.7 Å². The fourth-order valence-electron chi connectivity index (χ4n) is 3.91. The van der Waals surface area contributed by atoms with Gasteiger partial charge in [-0.2, -0.15) is 5.10 Å². The van der Waals surface area contributed by atoms with Crippen LogP contribution in [0.1, 0.15) is 27.4 Å². The number of hydrogen-bond acceptors (Lipinski definition) is 5. The van der Waals surface area contributed by atoms with E-state index in [1.54, 1.807) is 35.9 Å². The van der Waals surface area contributed by atoms with Gasteiger partial charge in [-0.05, 0) is 51.1 Å². The number of carbonyl (C=O) groups excluding carboxylic acids is 1. The van der Waals surface area contributed by atoms with Crippen LogP contribution >= 0.6 is 0 Å². The number of amides is 1. The molecule has 3 aromatic heterocycles.